The predicted octanol–water partition coefficient (Wildman–Crippen LogP) is 17.4. The summed E-state index contributed by atoms with van der Waals surface area (Å²) >= 11 is 0. The molecule has 67 heavy (non-hydrogen) atoms. The van der Waals surface area contributed by atoms with E-state index in [1.807, 2.05) is 72.9 Å². The van der Waals surface area contributed by atoms with Crippen molar-refractivity contribution >= 4 is 17.9 Å². The van der Waals surface area contributed by atoms with Gasteiger partial charge >= 0.3 is 17.9 Å². The number of carbonyl (C=O) groups is 3. The molecule has 0 spiro atoms. The number of hydrogen-bond donors (Lipinski definition) is 0. The minimum Gasteiger partial charge on any atom is -0.462 e. The molecule has 0 heterocycles. The molecule has 0 aliphatic carbocycles. The third kappa shape index (κ3) is 51.9. The van der Waals surface area contributed by atoms with Gasteiger partial charge < -0.3 is 14.2 Å². The van der Waals surface area contributed by atoms with Gasteiger partial charge in [-0.3, -0.25) is 14.4 Å². The number of carbonyl (C=O) groups excluding carboxylic acids is 3. The van der Waals surface area contributed by atoms with Crippen molar-refractivity contribution < 1.29 is 28.6 Å². The molecule has 0 aromatic heterocycles. The molecule has 372 valence electrons. The van der Waals surface area contributed by atoms with Crippen LogP contribution in [0.2, 0.25) is 0 Å². The molecular weight excluding hydrogens is 829 g/mol. The van der Waals surface area contributed by atoms with Crippen LogP contribution >= 0.6 is 0 Å². The van der Waals surface area contributed by atoms with Crippen LogP contribution in [0.25, 0.3) is 0 Å². The zero-order valence-corrected chi connectivity index (χ0v) is 42.3. The summed E-state index contributed by atoms with van der Waals surface area (Å²) in [6.07, 6.45) is 77.9. The highest BCUT2D eigenvalue weighted by Crippen LogP contribution is 2.12. The first-order valence-corrected chi connectivity index (χ1v) is 26.1. The fraction of sp³-hybridized carbons (Fsp3) is 0.525. The van der Waals surface area contributed by atoms with Crippen molar-refractivity contribution in [3.63, 3.8) is 0 Å². The molecule has 0 rings (SSSR count). The molecule has 0 bridgehead atoms. The molecule has 1 unspecified atom stereocenters. The maximum absolute atomic E-state index is 12.8. The highest BCUT2D eigenvalue weighted by Gasteiger charge is 2.19. The summed E-state index contributed by atoms with van der Waals surface area (Å²) in [5, 5.41) is 0. The van der Waals surface area contributed by atoms with E-state index in [0.29, 0.717) is 19.3 Å². The second-order valence-corrected chi connectivity index (χ2v) is 16.5. The Morgan fingerprint density at radius 1 is 0.328 bits per heavy atom. The Labute approximate surface area is 409 Å². The number of ether oxygens (including phenoxy) is 3. The largest absolute Gasteiger partial charge is 0.462 e. The SMILES string of the molecule is CC\C=C/C=C\C=C/C=C\C=C\C=C/C=C\CCCCCC(=O)OCC(COC(=O)CCCCCCC/C=C\CCCC)OC(=O)CCCCC/C=C\C/C=C\C/C=C\C/C=C\C/C=C\CC. The van der Waals surface area contributed by atoms with Crippen LogP contribution in [0.15, 0.2) is 158 Å². The summed E-state index contributed by atoms with van der Waals surface area (Å²) in [7, 11) is 0. The highest BCUT2D eigenvalue weighted by molar-refractivity contribution is 5.71. The smallest absolute Gasteiger partial charge is 0.306 e. The molecule has 6 nitrogen and oxygen atoms in total. The molecule has 0 saturated carbocycles. The maximum atomic E-state index is 12.8. The van der Waals surface area contributed by atoms with E-state index in [4.69, 9.17) is 14.2 Å². The fourth-order valence-electron chi connectivity index (χ4n) is 6.31. The maximum Gasteiger partial charge on any atom is 0.306 e. The number of esters is 3. The van der Waals surface area contributed by atoms with E-state index in [0.717, 1.165) is 109 Å². The van der Waals surface area contributed by atoms with E-state index in [9.17, 15) is 14.4 Å². The molecule has 0 aromatic rings. The van der Waals surface area contributed by atoms with Gasteiger partial charge in [0.05, 0.1) is 0 Å². The normalized spacial score (nSPS) is 13.4. The van der Waals surface area contributed by atoms with Crippen LogP contribution in [-0.4, -0.2) is 37.2 Å². The van der Waals surface area contributed by atoms with Gasteiger partial charge in [0.1, 0.15) is 13.2 Å². The van der Waals surface area contributed by atoms with E-state index < -0.39 is 6.10 Å². The van der Waals surface area contributed by atoms with Gasteiger partial charge in [-0.05, 0) is 103 Å². The lowest BCUT2D eigenvalue weighted by Crippen LogP contribution is -2.30. The Balaban J connectivity index is 4.58. The van der Waals surface area contributed by atoms with Gasteiger partial charge in [0.2, 0.25) is 0 Å². The summed E-state index contributed by atoms with van der Waals surface area (Å²) in [4.78, 5) is 38.0. The highest BCUT2D eigenvalue weighted by atomic mass is 16.6. The van der Waals surface area contributed by atoms with Crippen molar-refractivity contribution in [1.82, 2.24) is 0 Å². The van der Waals surface area contributed by atoms with Crippen LogP contribution in [-0.2, 0) is 28.6 Å². The van der Waals surface area contributed by atoms with Crippen molar-refractivity contribution in [2.24, 2.45) is 0 Å². The molecule has 0 amide bonds. The van der Waals surface area contributed by atoms with E-state index in [1.165, 1.54) is 25.7 Å². The first-order valence-electron chi connectivity index (χ1n) is 26.1. The van der Waals surface area contributed by atoms with Crippen molar-refractivity contribution in [1.29, 1.82) is 0 Å². The van der Waals surface area contributed by atoms with Gasteiger partial charge in [-0.2, -0.15) is 0 Å². The summed E-state index contributed by atoms with van der Waals surface area (Å²) < 4.78 is 16.7. The van der Waals surface area contributed by atoms with Gasteiger partial charge in [-0.15, -0.1) is 0 Å². The summed E-state index contributed by atoms with van der Waals surface area (Å²) in [6.45, 7) is 6.23. The van der Waals surface area contributed by atoms with Crippen LogP contribution in [0.5, 0.6) is 0 Å². The number of unbranched alkanes of at least 4 members (excludes halogenated alkanes) is 13. The Bertz CT molecular complexity index is 1570. The second kappa shape index (κ2) is 53.6. The average Bonchev–Trinajstić information content (AvgIpc) is 3.33. The van der Waals surface area contributed by atoms with Crippen LogP contribution in [0.1, 0.15) is 188 Å². The molecule has 0 fully saturated rings. The number of hydrogen-bond acceptors (Lipinski definition) is 6. The second-order valence-electron chi connectivity index (χ2n) is 16.5. The Morgan fingerprint density at radius 3 is 1.12 bits per heavy atom. The van der Waals surface area contributed by atoms with E-state index in [1.54, 1.807) is 0 Å². The van der Waals surface area contributed by atoms with Gasteiger partial charge in [-0.25, -0.2) is 0 Å². The standard InChI is InChI=1S/C61H92O6/c1-4-7-10-13-16-19-22-24-26-28-30-32-34-36-39-42-45-48-51-54-60(63)66-57-58(56-65-59(62)53-50-47-44-41-38-21-18-15-12-9-6-3)67-61(64)55-52-49-46-43-40-37-35-33-31-29-27-25-23-20-17-14-11-8-5-2/h7-8,10-11,13,15-20,22,24-28,30-34,36-37,39-40,58H,4-6,9,12,14,21,23,29,35,38,41-57H2,1-3H3/b10-7-,11-8-,16-13-,18-15-,20-17-,22-19-,26-24-,27-25-,30-28+,33-31-,34-32-,39-36-,40-37-. The number of rotatable bonds is 44. The van der Waals surface area contributed by atoms with E-state index in [-0.39, 0.29) is 44.0 Å². The molecule has 0 aromatic carbocycles. The summed E-state index contributed by atoms with van der Waals surface area (Å²) in [5.41, 5.74) is 0. The van der Waals surface area contributed by atoms with Crippen LogP contribution in [0.3, 0.4) is 0 Å². The molecule has 0 aliphatic heterocycles. The van der Waals surface area contributed by atoms with Gasteiger partial charge in [0, 0.05) is 19.3 Å². The lowest BCUT2D eigenvalue weighted by molar-refractivity contribution is -0.167. The minimum absolute atomic E-state index is 0.119. The topological polar surface area (TPSA) is 78.9 Å². The van der Waals surface area contributed by atoms with Gasteiger partial charge in [-0.1, -0.05) is 224 Å². The van der Waals surface area contributed by atoms with Crippen LogP contribution in [0, 0.1) is 0 Å². The van der Waals surface area contributed by atoms with E-state index in [2.05, 4.69) is 106 Å². The molecule has 0 radical (unpaired) electrons. The van der Waals surface area contributed by atoms with Crippen LogP contribution in [0.4, 0.5) is 0 Å². The molecule has 0 N–H and O–H groups in total. The minimum atomic E-state index is -0.826. The van der Waals surface area contributed by atoms with Crippen molar-refractivity contribution in [3.8, 4) is 0 Å². The Morgan fingerprint density at radius 2 is 0.657 bits per heavy atom. The first kappa shape index (κ1) is 62.0. The van der Waals surface area contributed by atoms with E-state index >= 15 is 0 Å². The predicted molar refractivity (Wildman–Crippen MR) is 288 cm³/mol. The average molecular weight is 921 g/mol. The molecule has 0 saturated heterocycles. The Hall–Kier alpha value is -4.97. The Kier molecular flexibility index (Phi) is 49.7. The number of allylic oxidation sites excluding steroid dienone is 26. The summed E-state index contributed by atoms with van der Waals surface area (Å²) in [6, 6.07) is 0. The lowest BCUT2D eigenvalue weighted by atomic mass is 10.1. The quantitative estimate of drug-likeness (QED) is 0.0199. The third-order valence-electron chi connectivity index (χ3n) is 10.2. The first-order chi connectivity index (χ1) is 33.0. The van der Waals surface area contributed by atoms with Crippen molar-refractivity contribution in [2.75, 3.05) is 13.2 Å². The van der Waals surface area contributed by atoms with Crippen molar-refractivity contribution in [2.45, 2.75) is 194 Å². The van der Waals surface area contributed by atoms with Gasteiger partial charge in [0.15, 0.2) is 6.10 Å². The lowest BCUT2D eigenvalue weighted by Gasteiger charge is -2.18. The third-order valence-corrected chi connectivity index (χ3v) is 10.2. The molecular formula is C61H92O6. The monoisotopic (exact) mass is 921 g/mol. The zero-order chi connectivity index (χ0) is 48.6. The fourth-order valence-corrected chi connectivity index (χ4v) is 6.31. The van der Waals surface area contributed by atoms with Crippen molar-refractivity contribution in [3.05, 3.63) is 158 Å². The molecule has 0 aliphatic rings. The molecule has 1 atom stereocenters. The molecule has 6 heteroatoms. The summed E-state index contributed by atoms with van der Waals surface area (Å²) in [5.74, 6) is -1.02. The van der Waals surface area contributed by atoms with Crippen LogP contribution < -0.4 is 0 Å². The zero-order valence-electron chi connectivity index (χ0n) is 42.3. The van der Waals surface area contributed by atoms with Gasteiger partial charge in [0.25, 0.3) is 0 Å².